The third-order valence-electron chi connectivity index (χ3n) is 3.48. The molecule has 0 aromatic carbocycles. The molecular weight excluding hydrogens is 420 g/mol. The number of fused-ring (bicyclic) bond motifs is 2. The fourth-order valence-electron chi connectivity index (χ4n) is 2.24. The monoisotopic (exact) mass is 432 g/mol. The first kappa shape index (κ1) is 18.5. The number of ether oxygens (including phenoxy) is 2. The minimum atomic E-state index is -0.451. The Morgan fingerprint density at radius 1 is 0.963 bits per heavy atom. The maximum atomic E-state index is 11.3. The van der Waals surface area contributed by atoms with Gasteiger partial charge < -0.3 is 9.47 Å². The highest BCUT2D eigenvalue weighted by atomic mass is 79.9. The van der Waals surface area contributed by atoms with Crippen LogP contribution in [0.4, 0.5) is 0 Å². The van der Waals surface area contributed by atoms with Crippen molar-refractivity contribution in [2.24, 2.45) is 0 Å². The number of rotatable bonds is 2. The number of nitrogens with zero attached hydrogens (tertiary/aromatic N) is 4. The minimum absolute atomic E-state index is 0.316. The van der Waals surface area contributed by atoms with E-state index in [2.05, 4.69) is 55.8 Å². The van der Waals surface area contributed by atoms with E-state index in [9.17, 15) is 9.59 Å². The second kappa shape index (κ2) is 7.91. The van der Waals surface area contributed by atoms with E-state index in [0.717, 1.165) is 4.47 Å². The first-order valence-electron chi connectivity index (χ1n) is 7.50. The summed E-state index contributed by atoms with van der Waals surface area (Å²) in [7, 11) is 2.64. The Bertz CT molecular complexity index is 1120. The van der Waals surface area contributed by atoms with Crippen LogP contribution < -0.4 is 0 Å². The summed E-state index contributed by atoms with van der Waals surface area (Å²) in [6.45, 7) is 0. The standard InChI is InChI=1S/C8H6BrN3O2.C8H7N3O2/c1-14-8(13)6-5-2-4(9)3-10-7(5)12-11-6;1-13-8(12)6-5-3-2-4-9-7(5)11-10-6/h2-3H,1H3,(H,10,11,12);2-4H,1H3,(H,9,10,11). The molecule has 4 rings (SSSR count). The number of pyridine rings is 2. The van der Waals surface area contributed by atoms with Crippen molar-refractivity contribution in [3.05, 3.63) is 46.5 Å². The number of carbonyl (C=O) groups excluding carboxylic acids is 2. The smallest absolute Gasteiger partial charge is 0.356 e. The van der Waals surface area contributed by atoms with Crippen molar-refractivity contribution in [3.8, 4) is 0 Å². The van der Waals surface area contributed by atoms with Crippen LogP contribution in [-0.4, -0.2) is 56.5 Å². The summed E-state index contributed by atoms with van der Waals surface area (Å²) in [6, 6.07) is 5.26. The molecule has 138 valence electrons. The van der Waals surface area contributed by atoms with Gasteiger partial charge in [0, 0.05) is 16.9 Å². The van der Waals surface area contributed by atoms with Gasteiger partial charge in [-0.1, -0.05) is 0 Å². The molecule has 0 amide bonds. The number of H-pyrrole nitrogens is 2. The van der Waals surface area contributed by atoms with E-state index in [-0.39, 0.29) is 0 Å². The summed E-state index contributed by atoms with van der Waals surface area (Å²) < 4.78 is 9.94. The zero-order valence-corrected chi connectivity index (χ0v) is 15.8. The molecule has 0 saturated heterocycles. The van der Waals surface area contributed by atoms with E-state index in [1.807, 2.05) is 0 Å². The van der Waals surface area contributed by atoms with Gasteiger partial charge in [0.15, 0.2) is 22.7 Å². The number of carbonyl (C=O) groups is 2. The van der Waals surface area contributed by atoms with Crippen LogP contribution in [-0.2, 0) is 9.47 Å². The van der Waals surface area contributed by atoms with Gasteiger partial charge in [0.25, 0.3) is 0 Å². The summed E-state index contributed by atoms with van der Waals surface area (Å²) in [5.74, 6) is -0.886. The molecule has 0 aliphatic carbocycles. The second-order valence-corrected chi connectivity index (χ2v) is 6.00. The molecule has 0 spiro atoms. The lowest BCUT2D eigenvalue weighted by atomic mass is 10.3. The molecule has 0 unspecified atom stereocenters. The van der Waals surface area contributed by atoms with E-state index < -0.39 is 11.9 Å². The normalized spacial score (nSPS) is 10.3. The summed E-state index contributed by atoms with van der Waals surface area (Å²) >= 11 is 3.27. The number of methoxy groups -OCH3 is 2. The fourth-order valence-corrected chi connectivity index (χ4v) is 2.57. The molecule has 10 nitrogen and oxygen atoms in total. The molecular formula is C16H13BrN6O4. The Labute approximate surface area is 160 Å². The van der Waals surface area contributed by atoms with E-state index in [1.165, 1.54) is 14.2 Å². The quantitative estimate of drug-likeness (QED) is 0.460. The van der Waals surface area contributed by atoms with Crippen molar-refractivity contribution >= 4 is 49.9 Å². The second-order valence-electron chi connectivity index (χ2n) is 5.08. The van der Waals surface area contributed by atoms with Crippen molar-refractivity contribution in [1.82, 2.24) is 30.4 Å². The van der Waals surface area contributed by atoms with Gasteiger partial charge >= 0.3 is 11.9 Å². The number of nitrogens with one attached hydrogen (secondary N) is 2. The first-order valence-corrected chi connectivity index (χ1v) is 8.29. The SMILES string of the molecule is COC(=O)c1[nH]nc2ncc(Br)cc12.COC(=O)c1[nH]nc2ncccc12. The van der Waals surface area contributed by atoms with E-state index >= 15 is 0 Å². The van der Waals surface area contributed by atoms with Crippen molar-refractivity contribution in [1.29, 1.82) is 0 Å². The lowest BCUT2D eigenvalue weighted by molar-refractivity contribution is 0.0587. The zero-order chi connectivity index (χ0) is 19.4. The zero-order valence-electron chi connectivity index (χ0n) is 14.2. The largest absolute Gasteiger partial charge is 0.464 e. The Balaban J connectivity index is 0.000000156. The lowest BCUT2D eigenvalue weighted by Gasteiger charge is -1.95. The maximum Gasteiger partial charge on any atom is 0.356 e. The summed E-state index contributed by atoms with van der Waals surface area (Å²) in [6.07, 6.45) is 3.23. The summed E-state index contributed by atoms with van der Waals surface area (Å²) in [4.78, 5) is 30.4. The molecule has 0 aliphatic rings. The number of hydrogen-bond donors (Lipinski definition) is 2. The molecule has 0 aliphatic heterocycles. The average Bonchev–Trinajstić information content (AvgIpc) is 3.31. The van der Waals surface area contributed by atoms with Crippen LogP contribution in [0, 0.1) is 0 Å². The van der Waals surface area contributed by atoms with Crippen molar-refractivity contribution in [2.75, 3.05) is 14.2 Å². The molecule has 11 heteroatoms. The summed E-state index contributed by atoms with van der Waals surface area (Å²) in [5, 5.41) is 14.2. The van der Waals surface area contributed by atoms with Crippen LogP contribution in [0.5, 0.6) is 0 Å². The fraction of sp³-hybridized carbons (Fsp3) is 0.125. The third-order valence-corrected chi connectivity index (χ3v) is 3.92. The predicted octanol–water partition coefficient (Wildman–Crippen LogP) is 2.25. The molecule has 0 fully saturated rings. The molecule has 4 aromatic heterocycles. The van der Waals surface area contributed by atoms with E-state index in [4.69, 9.17) is 0 Å². The van der Waals surface area contributed by atoms with Crippen LogP contribution in [0.2, 0.25) is 0 Å². The highest BCUT2D eigenvalue weighted by molar-refractivity contribution is 9.10. The van der Waals surface area contributed by atoms with E-state index in [0.29, 0.717) is 33.5 Å². The number of halogens is 1. The molecule has 2 N–H and O–H groups in total. The van der Waals surface area contributed by atoms with Crippen LogP contribution in [0.15, 0.2) is 35.1 Å². The lowest BCUT2D eigenvalue weighted by Crippen LogP contribution is -2.01. The van der Waals surface area contributed by atoms with Crippen LogP contribution in [0.1, 0.15) is 21.0 Å². The summed E-state index contributed by atoms with van der Waals surface area (Å²) in [5.41, 5.74) is 1.67. The topological polar surface area (TPSA) is 136 Å². The van der Waals surface area contributed by atoms with Gasteiger partial charge in [-0.3, -0.25) is 10.2 Å². The van der Waals surface area contributed by atoms with Gasteiger partial charge in [-0.25, -0.2) is 19.6 Å². The molecule has 0 atom stereocenters. The van der Waals surface area contributed by atoms with Crippen molar-refractivity contribution in [3.63, 3.8) is 0 Å². The predicted molar refractivity (Wildman–Crippen MR) is 98.2 cm³/mol. The van der Waals surface area contributed by atoms with Gasteiger partial charge in [-0.2, -0.15) is 10.2 Å². The highest BCUT2D eigenvalue weighted by Gasteiger charge is 2.14. The number of aromatic nitrogens is 6. The molecule has 4 aromatic rings. The van der Waals surface area contributed by atoms with Crippen molar-refractivity contribution in [2.45, 2.75) is 0 Å². The maximum absolute atomic E-state index is 11.3. The first-order chi connectivity index (χ1) is 13.0. The molecule has 0 radical (unpaired) electrons. The van der Waals surface area contributed by atoms with Gasteiger partial charge in [0.2, 0.25) is 0 Å². The number of esters is 2. The minimum Gasteiger partial charge on any atom is -0.464 e. The number of hydrogen-bond acceptors (Lipinski definition) is 8. The Hall–Kier alpha value is -3.34. The molecule has 4 heterocycles. The van der Waals surface area contributed by atoms with Gasteiger partial charge in [0.05, 0.1) is 25.0 Å². The van der Waals surface area contributed by atoms with Gasteiger partial charge in [-0.15, -0.1) is 0 Å². The third kappa shape index (κ3) is 3.77. The Kier molecular flexibility index (Phi) is 5.41. The molecule has 0 saturated carbocycles. The van der Waals surface area contributed by atoms with E-state index in [1.54, 1.807) is 30.6 Å². The highest BCUT2D eigenvalue weighted by Crippen LogP contribution is 2.19. The molecule has 0 bridgehead atoms. The Morgan fingerprint density at radius 2 is 1.56 bits per heavy atom. The van der Waals surface area contributed by atoms with Gasteiger partial charge in [0.1, 0.15) is 0 Å². The van der Waals surface area contributed by atoms with Gasteiger partial charge in [-0.05, 0) is 34.1 Å². The molecule has 27 heavy (non-hydrogen) atoms. The van der Waals surface area contributed by atoms with Crippen LogP contribution >= 0.6 is 15.9 Å². The number of aromatic amines is 2. The van der Waals surface area contributed by atoms with Crippen LogP contribution in [0.25, 0.3) is 22.1 Å². The Morgan fingerprint density at radius 3 is 2.19 bits per heavy atom. The average molecular weight is 433 g/mol. The van der Waals surface area contributed by atoms with Crippen molar-refractivity contribution < 1.29 is 19.1 Å². The van der Waals surface area contributed by atoms with Crippen LogP contribution in [0.3, 0.4) is 0 Å².